The maximum atomic E-state index is 4.74. The van der Waals surface area contributed by atoms with Crippen molar-refractivity contribution in [2.45, 2.75) is 51.6 Å². The molecule has 1 aromatic carbocycles. The molecule has 4 heteroatoms. The third kappa shape index (κ3) is 4.48. The van der Waals surface area contributed by atoms with Gasteiger partial charge in [-0.25, -0.2) is 4.99 Å². The van der Waals surface area contributed by atoms with Crippen molar-refractivity contribution in [3.8, 4) is 0 Å². The van der Waals surface area contributed by atoms with Crippen molar-refractivity contribution >= 4 is 29.9 Å². The van der Waals surface area contributed by atoms with Crippen molar-refractivity contribution in [3.05, 3.63) is 47.0 Å². The summed E-state index contributed by atoms with van der Waals surface area (Å²) in [6.45, 7) is 3.76. The fraction of sp³-hybridized carbons (Fsp3) is 0.500. The van der Waals surface area contributed by atoms with Gasteiger partial charge in [0.25, 0.3) is 0 Å². The standard InChI is InChI=1S/C18H25N3.HI/c1-2-19-18(21-17-8-3-4-9-17)20-13-14-10-11-15-6-5-7-16(15)12-14;/h3-4,10-12,17H,2,5-9,13H2,1H3,(H2,19,20,21);1H. The lowest BCUT2D eigenvalue weighted by Gasteiger charge is -2.16. The first-order chi connectivity index (χ1) is 10.3. The molecule has 0 heterocycles. The zero-order valence-electron chi connectivity index (χ0n) is 13.3. The summed E-state index contributed by atoms with van der Waals surface area (Å²) in [4.78, 5) is 4.74. The number of aliphatic imine (C=N–C) groups is 1. The normalized spacial score (nSPS) is 17.2. The summed E-state index contributed by atoms with van der Waals surface area (Å²) in [5.74, 6) is 0.937. The molecule has 0 unspecified atom stereocenters. The molecule has 0 saturated carbocycles. The smallest absolute Gasteiger partial charge is 0.191 e. The molecule has 1 aromatic rings. The van der Waals surface area contributed by atoms with Gasteiger partial charge in [0.05, 0.1) is 6.54 Å². The molecule has 120 valence electrons. The van der Waals surface area contributed by atoms with Crippen molar-refractivity contribution in [1.29, 1.82) is 0 Å². The van der Waals surface area contributed by atoms with E-state index < -0.39 is 0 Å². The Morgan fingerprint density at radius 3 is 2.73 bits per heavy atom. The first kappa shape index (κ1) is 17.3. The second-order valence-electron chi connectivity index (χ2n) is 5.94. The van der Waals surface area contributed by atoms with Crippen LogP contribution in [0.1, 0.15) is 42.9 Å². The summed E-state index contributed by atoms with van der Waals surface area (Å²) in [5.41, 5.74) is 4.38. The van der Waals surface area contributed by atoms with Crippen LogP contribution in [0.2, 0.25) is 0 Å². The number of guanidine groups is 1. The number of hydrogen-bond acceptors (Lipinski definition) is 1. The van der Waals surface area contributed by atoms with E-state index in [1.165, 1.54) is 36.0 Å². The number of hydrogen-bond donors (Lipinski definition) is 2. The molecule has 0 atom stereocenters. The first-order valence-corrected chi connectivity index (χ1v) is 8.15. The average Bonchev–Trinajstić information content (AvgIpc) is 3.15. The minimum atomic E-state index is 0. The van der Waals surface area contributed by atoms with Gasteiger partial charge in [0.2, 0.25) is 0 Å². The van der Waals surface area contributed by atoms with Gasteiger partial charge in [0.15, 0.2) is 5.96 Å². The molecule has 0 radical (unpaired) electrons. The van der Waals surface area contributed by atoms with Gasteiger partial charge in [-0.1, -0.05) is 30.4 Å². The van der Waals surface area contributed by atoms with Crippen molar-refractivity contribution in [1.82, 2.24) is 10.6 Å². The van der Waals surface area contributed by atoms with E-state index in [4.69, 9.17) is 4.99 Å². The highest BCUT2D eigenvalue weighted by atomic mass is 127. The highest BCUT2D eigenvalue weighted by molar-refractivity contribution is 14.0. The zero-order chi connectivity index (χ0) is 14.5. The van der Waals surface area contributed by atoms with Gasteiger partial charge in [-0.15, -0.1) is 24.0 Å². The molecule has 2 N–H and O–H groups in total. The lowest BCUT2D eigenvalue weighted by atomic mass is 10.1. The Bertz CT molecular complexity index is 543. The van der Waals surface area contributed by atoms with Crippen LogP contribution in [0.3, 0.4) is 0 Å². The fourth-order valence-corrected chi connectivity index (χ4v) is 3.14. The second-order valence-corrected chi connectivity index (χ2v) is 5.94. The number of rotatable bonds is 4. The molecular formula is C18H26IN3. The van der Waals surface area contributed by atoms with E-state index in [0.717, 1.165) is 31.9 Å². The molecule has 0 fully saturated rings. The van der Waals surface area contributed by atoms with Crippen molar-refractivity contribution < 1.29 is 0 Å². The summed E-state index contributed by atoms with van der Waals surface area (Å²) in [7, 11) is 0. The maximum absolute atomic E-state index is 4.74. The monoisotopic (exact) mass is 411 g/mol. The van der Waals surface area contributed by atoms with Crippen LogP contribution in [0.4, 0.5) is 0 Å². The van der Waals surface area contributed by atoms with Crippen LogP contribution in [0.25, 0.3) is 0 Å². The molecule has 0 aromatic heterocycles. The number of nitrogens with one attached hydrogen (secondary N) is 2. The Morgan fingerprint density at radius 1 is 1.18 bits per heavy atom. The van der Waals surface area contributed by atoms with Crippen LogP contribution in [0.15, 0.2) is 35.3 Å². The summed E-state index contributed by atoms with van der Waals surface area (Å²) in [5, 5.41) is 6.86. The van der Waals surface area contributed by atoms with Crippen LogP contribution in [-0.4, -0.2) is 18.5 Å². The molecule has 0 saturated heterocycles. The van der Waals surface area contributed by atoms with Gasteiger partial charge >= 0.3 is 0 Å². The van der Waals surface area contributed by atoms with Crippen LogP contribution in [-0.2, 0) is 19.4 Å². The minimum absolute atomic E-state index is 0. The predicted molar refractivity (Wildman–Crippen MR) is 104 cm³/mol. The Kier molecular flexibility index (Phi) is 6.73. The second kappa shape index (κ2) is 8.56. The third-order valence-corrected chi connectivity index (χ3v) is 4.28. The summed E-state index contributed by atoms with van der Waals surface area (Å²) in [6.07, 6.45) is 10.5. The van der Waals surface area contributed by atoms with E-state index in [0.29, 0.717) is 6.04 Å². The predicted octanol–water partition coefficient (Wildman–Crippen LogP) is 3.57. The van der Waals surface area contributed by atoms with Gasteiger partial charge in [0, 0.05) is 12.6 Å². The molecule has 0 amide bonds. The van der Waals surface area contributed by atoms with Crippen LogP contribution < -0.4 is 10.6 Å². The number of benzene rings is 1. The highest BCUT2D eigenvalue weighted by Crippen LogP contribution is 2.23. The van der Waals surface area contributed by atoms with Crippen LogP contribution in [0.5, 0.6) is 0 Å². The van der Waals surface area contributed by atoms with E-state index in [-0.39, 0.29) is 24.0 Å². The Labute approximate surface area is 150 Å². The number of nitrogens with zero attached hydrogens (tertiary/aromatic N) is 1. The van der Waals surface area contributed by atoms with E-state index in [1.54, 1.807) is 0 Å². The molecule has 0 bridgehead atoms. The Balaban J connectivity index is 0.00000176. The molecule has 0 spiro atoms. The quantitative estimate of drug-likeness (QED) is 0.344. The van der Waals surface area contributed by atoms with Crippen molar-refractivity contribution in [3.63, 3.8) is 0 Å². The van der Waals surface area contributed by atoms with Gasteiger partial charge in [-0.2, -0.15) is 0 Å². The fourth-order valence-electron chi connectivity index (χ4n) is 3.14. The van der Waals surface area contributed by atoms with E-state index >= 15 is 0 Å². The van der Waals surface area contributed by atoms with Gasteiger partial charge in [0.1, 0.15) is 0 Å². The molecule has 3 nitrogen and oxygen atoms in total. The number of aryl methyl sites for hydroxylation is 2. The van der Waals surface area contributed by atoms with E-state index in [9.17, 15) is 0 Å². The Hall–Kier alpha value is -1.04. The lowest BCUT2D eigenvalue weighted by molar-refractivity contribution is 0.633. The van der Waals surface area contributed by atoms with Crippen LogP contribution >= 0.6 is 24.0 Å². The third-order valence-electron chi connectivity index (χ3n) is 4.28. The molecular weight excluding hydrogens is 385 g/mol. The van der Waals surface area contributed by atoms with Gasteiger partial charge in [-0.05, 0) is 55.7 Å². The van der Waals surface area contributed by atoms with Crippen molar-refractivity contribution in [2.75, 3.05) is 6.54 Å². The zero-order valence-corrected chi connectivity index (χ0v) is 15.6. The minimum Gasteiger partial charge on any atom is -0.357 e. The van der Waals surface area contributed by atoms with Gasteiger partial charge < -0.3 is 10.6 Å². The molecule has 2 aliphatic rings. The average molecular weight is 411 g/mol. The number of fused-ring (bicyclic) bond motifs is 1. The first-order valence-electron chi connectivity index (χ1n) is 8.15. The SMILES string of the molecule is CCNC(=NCc1ccc2c(c1)CCC2)NC1CC=CC1.I. The van der Waals surface area contributed by atoms with E-state index in [1.807, 2.05) is 0 Å². The number of halogens is 1. The van der Waals surface area contributed by atoms with E-state index in [2.05, 4.69) is 47.9 Å². The molecule has 2 aliphatic carbocycles. The molecule has 3 rings (SSSR count). The topological polar surface area (TPSA) is 36.4 Å². The largest absolute Gasteiger partial charge is 0.357 e. The van der Waals surface area contributed by atoms with Crippen LogP contribution in [0, 0.1) is 0 Å². The summed E-state index contributed by atoms with van der Waals surface area (Å²) in [6, 6.07) is 7.36. The molecule has 0 aliphatic heterocycles. The molecule has 22 heavy (non-hydrogen) atoms. The highest BCUT2D eigenvalue weighted by Gasteiger charge is 2.12. The summed E-state index contributed by atoms with van der Waals surface area (Å²) < 4.78 is 0. The van der Waals surface area contributed by atoms with Crippen molar-refractivity contribution in [2.24, 2.45) is 4.99 Å². The lowest BCUT2D eigenvalue weighted by Crippen LogP contribution is -2.42. The van der Waals surface area contributed by atoms with Gasteiger partial charge in [-0.3, -0.25) is 0 Å². The summed E-state index contributed by atoms with van der Waals surface area (Å²) >= 11 is 0. The Morgan fingerprint density at radius 2 is 1.95 bits per heavy atom. The maximum Gasteiger partial charge on any atom is 0.191 e.